The number of azide groups is 1. The molecular formula is C23H18ClF2N5. The van der Waals surface area contributed by atoms with Gasteiger partial charge in [-0.25, -0.2) is 8.78 Å². The lowest BCUT2D eigenvalue weighted by atomic mass is 9.84. The molecule has 1 atom stereocenters. The van der Waals surface area contributed by atoms with Crippen molar-refractivity contribution in [3.8, 4) is 17.2 Å². The van der Waals surface area contributed by atoms with Gasteiger partial charge >= 0.3 is 0 Å². The monoisotopic (exact) mass is 437 g/mol. The summed E-state index contributed by atoms with van der Waals surface area (Å²) in [6.45, 7) is 5.95. The lowest BCUT2D eigenvalue weighted by Crippen LogP contribution is -2.40. The number of nitrogens with zero attached hydrogens (tertiary/aromatic N) is 4. The molecule has 0 fully saturated rings. The van der Waals surface area contributed by atoms with Crippen LogP contribution in [0.25, 0.3) is 21.6 Å². The van der Waals surface area contributed by atoms with Crippen molar-refractivity contribution >= 4 is 17.3 Å². The highest BCUT2D eigenvalue weighted by Gasteiger charge is 2.41. The summed E-state index contributed by atoms with van der Waals surface area (Å²) in [7, 11) is 0. The second kappa shape index (κ2) is 9.05. The second-order valence-corrected chi connectivity index (χ2v) is 7.41. The Labute approximate surface area is 183 Å². The third kappa shape index (κ3) is 4.04. The number of hydrogen-bond acceptors (Lipinski definition) is 3. The molecule has 0 unspecified atom stereocenters. The Balaban J connectivity index is 2.24. The van der Waals surface area contributed by atoms with E-state index < -0.39 is 17.2 Å². The topological polar surface area (TPSA) is 84.6 Å². The maximum absolute atomic E-state index is 14.8. The summed E-state index contributed by atoms with van der Waals surface area (Å²) in [5, 5.41) is 16.1. The lowest BCUT2D eigenvalue weighted by Gasteiger charge is -2.29. The number of nitriles is 1. The van der Waals surface area contributed by atoms with Crippen LogP contribution in [0.1, 0.15) is 18.1 Å². The van der Waals surface area contributed by atoms with Crippen molar-refractivity contribution in [1.82, 2.24) is 0 Å². The van der Waals surface area contributed by atoms with Gasteiger partial charge in [0.25, 0.3) is 0 Å². The van der Waals surface area contributed by atoms with E-state index in [1.807, 2.05) is 25.1 Å². The molecule has 8 heteroatoms. The molecule has 0 aliphatic carbocycles. The smallest absolute Gasteiger partial charge is 0.144 e. The molecule has 0 radical (unpaired) electrons. The van der Waals surface area contributed by atoms with Gasteiger partial charge in [0.2, 0.25) is 0 Å². The van der Waals surface area contributed by atoms with Crippen molar-refractivity contribution in [2.45, 2.75) is 18.9 Å². The number of rotatable bonds is 6. The molecule has 1 N–H and O–H groups in total. The molecule has 0 aromatic heterocycles. The van der Waals surface area contributed by atoms with Gasteiger partial charge in [-0.3, -0.25) is 0 Å². The normalized spacial score (nSPS) is 17.3. The van der Waals surface area contributed by atoms with Crippen LogP contribution in [0, 0.1) is 23.0 Å². The van der Waals surface area contributed by atoms with Crippen LogP contribution in [-0.4, -0.2) is 12.1 Å². The van der Waals surface area contributed by atoms with Crippen molar-refractivity contribution in [3.05, 3.63) is 98.9 Å². The fourth-order valence-electron chi connectivity index (χ4n) is 3.68. The molecule has 1 aliphatic heterocycles. The van der Waals surface area contributed by atoms with Gasteiger partial charge in [0, 0.05) is 28.1 Å². The Morgan fingerprint density at radius 3 is 2.84 bits per heavy atom. The minimum atomic E-state index is -0.962. The average Bonchev–Trinajstić information content (AvgIpc) is 3.13. The zero-order chi connectivity index (χ0) is 22.6. The van der Waals surface area contributed by atoms with Crippen molar-refractivity contribution in [2.75, 3.05) is 11.9 Å². The summed E-state index contributed by atoms with van der Waals surface area (Å²) in [6, 6.07) is 7.20. The summed E-state index contributed by atoms with van der Waals surface area (Å²) in [4.78, 5) is 2.85. The van der Waals surface area contributed by atoms with Gasteiger partial charge in [-0.15, -0.1) is 0 Å². The molecular weight excluding hydrogens is 420 g/mol. The van der Waals surface area contributed by atoms with Gasteiger partial charge in [0.15, 0.2) is 0 Å². The summed E-state index contributed by atoms with van der Waals surface area (Å²) >= 11 is 6.29. The predicted molar refractivity (Wildman–Crippen MR) is 119 cm³/mol. The quantitative estimate of drug-likeness (QED) is 0.231. The van der Waals surface area contributed by atoms with Crippen molar-refractivity contribution in [2.24, 2.45) is 5.11 Å². The SMILES string of the molecule is C=C(/C=C\C=C/C)[C@]1(CN=[N+]=[N-])Cc2c(cc(F)c(Cl)c2-c2c(F)cccc2C#N)N1. The van der Waals surface area contributed by atoms with Crippen LogP contribution in [0.5, 0.6) is 0 Å². The Hall–Kier alpha value is -3.59. The highest BCUT2D eigenvalue weighted by Crippen LogP contribution is 2.47. The molecule has 5 nitrogen and oxygen atoms in total. The van der Waals surface area contributed by atoms with Crippen LogP contribution < -0.4 is 5.32 Å². The number of benzene rings is 2. The van der Waals surface area contributed by atoms with Crippen molar-refractivity contribution in [1.29, 1.82) is 5.26 Å². The van der Waals surface area contributed by atoms with Crippen molar-refractivity contribution in [3.63, 3.8) is 0 Å². The fraction of sp³-hybridized carbons (Fsp3) is 0.174. The first-order valence-electron chi connectivity index (χ1n) is 9.36. The van der Waals surface area contributed by atoms with Gasteiger partial charge in [0.05, 0.1) is 28.7 Å². The molecule has 0 spiro atoms. The summed E-state index contributed by atoms with van der Waals surface area (Å²) in [5.41, 5.74) is 9.47. The zero-order valence-electron chi connectivity index (χ0n) is 16.7. The molecule has 2 aromatic carbocycles. The summed E-state index contributed by atoms with van der Waals surface area (Å²) in [5.74, 6) is -1.45. The van der Waals surface area contributed by atoms with Crippen LogP contribution in [0.3, 0.4) is 0 Å². The first kappa shape index (κ1) is 22.1. The van der Waals surface area contributed by atoms with Gasteiger partial charge in [0.1, 0.15) is 11.6 Å². The summed E-state index contributed by atoms with van der Waals surface area (Å²) < 4.78 is 29.5. The first-order chi connectivity index (χ1) is 14.9. The average molecular weight is 438 g/mol. The van der Waals surface area contributed by atoms with E-state index in [2.05, 4.69) is 21.9 Å². The maximum atomic E-state index is 14.8. The van der Waals surface area contributed by atoms with Crippen LogP contribution in [0.4, 0.5) is 14.5 Å². The number of anilines is 1. The Kier molecular flexibility index (Phi) is 6.45. The molecule has 156 valence electrons. The predicted octanol–water partition coefficient (Wildman–Crippen LogP) is 6.86. The Morgan fingerprint density at radius 1 is 1.39 bits per heavy atom. The van der Waals surface area contributed by atoms with Crippen molar-refractivity contribution < 1.29 is 8.78 Å². The molecule has 3 rings (SSSR count). The molecule has 1 aliphatic rings. The zero-order valence-corrected chi connectivity index (χ0v) is 17.4. The van der Waals surface area contributed by atoms with E-state index in [4.69, 9.17) is 17.1 Å². The van der Waals surface area contributed by atoms with Crippen LogP contribution >= 0.6 is 11.6 Å². The molecule has 31 heavy (non-hydrogen) atoms. The third-order valence-electron chi connectivity index (χ3n) is 5.18. The highest BCUT2D eigenvalue weighted by molar-refractivity contribution is 6.34. The number of nitrogens with one attached hydrogen (secondary N) is 1. The van der Waals surface area contributed by atoms with Crippen LogP contribution in [0.2, 0.25) is 5.02 Å². The number of halogens is 3. The van der Waals surface area contributed by atoms with E-state index in [0.29, 0.717) is 16.8 Å². The van der Waals surface area contributed by atoms with Gasteiger partial charge in [-0.1, -0.05) is 53.7 Å². The maximum Gasteiger partial charge on any atom is 0.144 e. The Bertz CT molecular complexity index is 1210. The van der Waals surface area contributed by atoms with E-state index >= 15 is 0 Å². The van der Waals surface area contributed by atoms with Crippen LogP contribution in [0.15, 0.2) is 65.8 Å². The third-order valence-corrected chi connectivity index (χ3v) is 5.55. The fourth-order valence-corrected chi connectivity index (χ4v) is 3.94. The highest BCUT2D eigenvalue weighted by atomic mass is 35.5. The van der Waals surface area contributed by atoms with Gasteiger partial charge in [-0.05, 0) is 41.8 Å². The van der Waals surface area contributed by atoms with E-state index in [-0.39, 0.29) is 34.7 Å². The minimum Gasteiger partial charge on any atom is -0.375 e. The number of allylic oxidation sites excluding steroid dienone is 3. The number of fused-ring (bicyclic) bond motifs is 1. The molecule has 0 saturated carbocycles. The summed E-state index contributed by atoms with van der Waals surface area (Å²) in [6.07, 6.45) is 7.40. The van der Waals surface area contributed by atoms with Gasteiger partial charge < -0.3 is 5.32 Å². The lowest BCUT2D eigenvalue weighted by molar-refractivity contribution is 0.586. The number of hydrogen-bond donors (Lipinski definition) is 1. The molecule has 1 heterocycles. The van der Waals surface area contributed by atoms with E-state index in [9.17, 15) is 14.0 Å². The largest absolute Gasteiger partial charge is 0.375 e. The second-order valence-electron chi connectivity index (χ2n) is 7.03. The van der Waals surface area contributed by atoms with Crippen LogP contribution in [-0.2, 0) is 6.42 Å². The molecule has 2 aromatic rings. The van der Waals surface area contributed by atoms with E-state index in [1.165, 1.54) is 24.3 Å². The minimum absolute atomic E-state index is 0.0156. The van der Waals surface area contributed by atoms with E-state index in [1.54, 1.807) is 12.2 Å². The molecule has 0 saturated heterocycles. The molecule has 0 amide bonds. The Morgan fingerprint density at radius 2 is 2.16 bits per heavy atom. The van der Waals surface area contributed by atoms with Gasteiger partial charge in [-0.2, -0.15) is 5.26 Å². The van der Waals surface area contributed by atoms with E-state index in [0.717, 1.165) is 0 Å². The first-order valence-corrected chi connectivity index (χ1v) is 9.74. The molecule has 0 bridgehead atoms. The standard InChI is InChI=1S/C23H18ClF2N5/c1-3-4-5-7-14(2)23(13-29-31-28)11-16-19(30-23)10-18(26)22(24)21(16)20-15(12-27)8-6-9-17(20)25/h3-10,30H,2,11,13H2,1H3/b4-3-,7-5-/t23-/m1/s1.